The Morgan fingerprint density at radius 3 is 3.11 bits per heavy atom. The summed E-state index contributed by atoms with van der Waals surface area (Å²) in [7, 11) is 0. The van der Waals surface area contributed by atoms with Crippen molar-refractivity contribution in [2.45, 2.75) is 38.0 Å². The zero-order valence-electron chi connectivity index (χ0n) is 10.4. The SMILES string of the molecule is Cc1occc1C(=O)NC1C(N)C2CCCOC21. The summed E-state index contributed by atoms with van der Waals surface area (Å²) in [5.74, 6) is 0.894. The molecule has 2 aliphatic rings. The van der Waals surface area contributed by atoms with Gasteiger partial charge in [-0.25, -0.2) is 0 Å². The third kappa shape index (κ3) is 1.74. The summed E-state index contributed by atoms with van der Waals surface area (Å²) in [6, 6.07) is 1.61. The zero-order valence-corrected chi connectivity index (χ0v) is 10.4. The first-order chi connectivity index (χ1) is 8.68. The van der Waals surface area contributed by atoms with E-state index in [1.54, 1.807) is 13.0 Å². The van der Waals surface area contributed by atoms with Gasteiger partial charge in [0.05, 0.1) is 24.0 Å². The van der Waals surface area contributed by atoms with Gasteiger partial charge in [0.15, 0.2) is 0 Å². The Labute approximate surface area is 106 Å². The van der Waals surface area contributed by atoms with Gasteiger partial charge in [0.25, 0.3) is 5.91 Å². The van der Waals surface area contributed by atoms with Crippen molar-refractivity contribution in [3.63, 3.8) is 0 Å². The van der Waals surface area contributed by atoms with Gasteiger partial charge in [0.2, 0.25) is 0 Å². The quantitative estimate of drug-likeness (QED) is 0.814. The predicted molar refractivity (Wildman–Crippen MR) is 65.1 cm³/mol. The number of aryl methyl sites for hydroxylation is 1. The van der Waals surface area contributed by atoms with E-state index in [4.69, 9.17) is 14.9 Å². The van der Waals surface area contributed by atoms with Crippen molar-refractivity contribution in [1.29, 1.82) is 0 Å². The van der Waals surface area contributed by atoms with Gasteiger partial charge in [-0.2, -0.15) is 0 Å². The molecule has 1 saturated heterocycles. The summed E-state index contributed by atoms with van der Waals surface area (Å²) in [4.78, 5) is 12.1. The van der Waals surface area contributed by atoms with Gasteiger partial charge < -0.3 is 20.2 Å². The molecule has 2 heterocycles. The van der Waals surface area contributed by atoms with Crippen molar-refractivity contribution in [3.05, 3.63) is 23.7 Å². The molecule has 0 bridgehead atoms. The number of furan rings is 1. The number of nitrogens with one attached hydrogen (secondary N) is 1. The summed E-state index contributed by atoms with van der Waals surface area (Å²) < 4.78 is 10.8. The minimum Gasteiger partial charge on any atom is -0.469 e. The van der Waals surface area contributed by atoms with Crippen molar-refractivity contribution in [1.82, 2.24) is 5.32 Å². The van der Waals surface area contributed by atoms with E-state index in [1.165, 1.54) is 6.26 Å². The van der Waals surface area contributed by atoms with Crippen LogP contribution in [0.5, 0.6) is 0 Å². The molecule has 1 aromatic rings. The monoisotopic (exact) mass is 250 g/mol. The molecule has 4 atom stereocenters. The van der Waals surface area contributed by atoms with Crippen LogP contribution in [0.4, 0.5) is 0 Å². The Bertz CT molecular complexity index is 457. The summed E-state index contributed by atoms with van der Waals surface area (Å²) in [5.41, 5.74) is 6.67. The normalized spacial score (nSPS) is 34.6. The van der Waals surface area contributed by atoms with E-state index < -0.39 is 0 Å². The second-order valence-electron chi connectivity index (χ2n) is 5.11. The Morgan fingerprint density at radius 2 is 2.39 bits per heavy atom. The van der Waals surface area contributed by atoms with Gasteiger partial charge in [-0.1, -0.05) is 0 Å². The average Bonchev–Trinajstić information content (AvgIpc) is 2.81. The van der Waals surface area contributed by atoms with Crippen molar-refractivity contribution in [2.24, 2.45) is 11.7 Å². The number of carbonyl (C=O) groups is 1. The lowest BCUT2D eigenvalue weighted by Crippen LogP contribution is -2.72. The summed E-state index contributed by atoms with van der Waals surface area (Å²) in [6.07, 6.45) is 3.77. The number of hydrogen-bond acceptors (Lipinski definition) is 4. The average molecular weight is 250 g/mol. The number of amides is 1. The van der Waals surface area contributed by atoms with E-state index >= 15 is 0 Å². The van der Waals surface area contributed by atoms with Crippen molar-refractivity contribution in [2.75, 3.05) is 6.61 Å². The molecule has 3 rings (SSSR count). The number of fused-ring (bicyclic) bond motifs is 1. The number of ether oxygens (including phenoxy) is 1. The molecule has 1 aromatic heterocycles. The molecule has 0 radical (unpaired) electrons. The highest BCUT2D eigenvalue weighted by Crippen LogP contribution is 2.37. The van der Waals surface area contributed by atoms with E-state index in [-0.39, 0.29) is 24.1 Å². The van der Waals surface area contributed by atoms with Crippen LogP contribution in [0, 0.1) is 12.8 Å². The second-order valence-corrected chi connectivity index (χ2v) is 5.11. The molecule has 2 fully saturated rings. The molecule has 0 spiro atoms. The molecule has 5 heteroatoms. The van der Waals surface area contributed by atoms with E-state index in [9.17, 15) is 4.79 Å². The minimum absolute atomic E-state index is 0.00598. The fraction of sp³-hybridized carbons (Fsp3) is 0.615. The van der Waals surface area contributed by atoms with Crippen LogP contribution in [-0.4, -0.2) is 30.7 Å². The lowest BCUT2D eigenvalue weighted by molar-refractivity contribution is -0.117. The first-order valence-corrected chi connectivity index (χ1v) is 6.40. The predicted octanol–water partition coefficient (Wildman–Crippen LogP) is 0.823. The zero-order chi connectivity index (χ0) is 12.7. The number of carbonyl (C=O) groups excluding carboxylic acids is 1. The van der Waals surface area contributed by atoms with Crippen LogP contribution in [0.15, 0.2) is 16.7 Å². The highest BCUT2D eigenvalue weighted by Gasteiger charge is 2.51. The van der Waals surface area contributed by atoms with Crippen LogP contribution in [0.3, 0.4) is 0 Å². The molecule has 1 amide bonds. The van der Waals surface area contributed by atoms with Crippen molar-refractivity contribution in [3.8, 4) is 0 Å². The van der Waals surface area contributed by atoms with Gasteiger partial charge in [-0.05, 0) is 25.8 Å². The lowest BCUT2D eigenvalue weighted by atomic mass is 9.68. The molecular formula is C13H18N2O3. The third-order valence-electron chi connectivity index (χ3n) is 4.08. The highest BCUT2D eigenvalue weighted by molar-refractivity contribution is 5.95. The van der Waals surface area contributed by atoms with Crippen LogP contribution < -0.4 is 11.1 Å². The molecule has 4 unspecified atom stereocenters. The van der Waals surface area contributed by atoms with Gasteiger partial charge in [-0.15, -0.1) is 0 Å². The molecule has 1 saturated carbocycles. The maximum atomic E-state index is 12.1. The molecule has 1 aliphatic heterocycles. The van der Waals surface area contributed by atoms with Crippen LogP contribution in [-0.2, 0) is 4.74 Å². The number of hydrogen-bond donors (Lipinski definition) is 2. The smallest absolute Gasteiger partial charge is 0.255 e. The van der Waals surface area contributed by atoms with E-state index in [0.717, 1.165) is 19.4 Å². The van der Waals surface area contributed by atoms with Crippen LogP contribution in [0.25, 0.3) is 0 Å². The standard InChI is InChI=1S/C13H18N2O3/c1-7-8(4-6-17-7)13(16)15-11-10(14)9-3-2-5-18-12(9)11/h4,6,9-12H,2-3,5,14H2,1H3,(H,15,16). The van der Waals surface area contributed by atoms with Gasteiger partial charge in [0, 0.05) is 18.6 Å². The van der Waals surface area contributed by atoms with Crippen molar-refractivity contribution >= 4 is 5.91 Å². The maximum absolute atomic E-state index is 12.1. The number of rotatable bonds is 2. The summed E-state index contributed by atoms with van der Waals surface area (Å²) in [5, 5.41) is 2.96. The van der Waals surface area contributed by atoms with E-state index in [2.05, 4.69) is 5.32 Å². The largest absolute Gasteiger partial charge is 0.469 e. The molecule has 0 aromatic carbocycles. The molecule has 5 nitrogen and oxygen atoms in total. The van der Waals surface area contributed by atoms with E-state index in [1.807, 2.05) is 0 Å². The first kappa shape index (κ1) is 11.7. The molecule has 18 heavy (non-hydrogen) atoms. The lowest BCUT2D eigenvalue weighted by Gasteiger charge is -2.52. The Hall–Kier alpha value is -1.33. The minimum atomic E-state index is -0.130. The van der Waals surface area contributed by atoms with Gasteiger partial charge >= 0.3 is 0 Å². The maximum Gasteiger partial charge on any atom is 0.255 e. The fourth-order valence-electron chi connectivity index (χ4n) is 2.98. The first-order valence-electron chi connectivity index (χ1n) is 6.40. The Kier molecular flexibility index (Phi) is 2.87. The van der Waals surface area contributed by atoms with Crippen LogP contribution >= 0.6 is 0 Å². The molecule has 3 N–H and O–H groups in total. The second kappa shape index (κ2) is 4.40. The van der Waals surface area contributed by atoms with Gasteiger partial charge in [0.1, 0.15) is 5.76 Å². The highest BCUT2D eigenvalue weighted by atomic mass is 16.5. The molecule has 1 aliphatic carbocycles. The molecular weight excluding hydrogens is 232 g/mol. The molecule has 98 valence electrons. The van der Waals surface area contributed by atoms with Crippen LogP contribution in [0.1, 0.15) is 29.0 Å². The third-order valence-corrected chi connectivity index (χ3v) is 4.08. The fourth-order valence-corrected chi connectivity index (χ4v) is 2.98. The Morgan fingerprint density at radius 1 is 1.56 bits per heavy atom. The summed E-state index contributed by atoms with van der Waals surface area (Å²) >= 11 is 0. The topological polar surface area (TPSA) is 77.5 Å². The van der Waals surface area contributed by atoms with Crippen molar-refractivity contribution < 1.29 is 13.9 Å². The van der Waals surface area contributed by atoms with E-state index in [0.29, 0.717) is 17.2 Å². The summed E-state index contributed by atoms with van der Waals surface area (Å²) in [6.45, 7) is 2.54. The van der Waals surface area contributed by atoms with Gasteiger partial charge in [-0.3, -0.25) is 4.79 Å². The van der Waals surface area contributed by atoms with Crippen LogP contribution in [0.2, 0.25) is 0 Å². The number of nitrogens with two attached hydrogens (primary N) is 1. The Balaban J connectivity index is 1.67.